The van der Waals surface area contributed by atoms with Crippen molar-refractivity contribution in [2.24, 2.45) is 5.92 Å². The molecule has 1 saturated carbocycles. The van der Waals surface area contributed by atoms with E-state index in [1.807, 2.05) is 0 Å². The van der Waals surface area contributed by atoms with Gasteiger partial charge >= 0.3 is 0 Å². The predicted octanol–water partition coefficient (Wildman–Crippen LogP) is 4.30. The van der Waals surface area contributed by atoms with Crippen LogP contribution in [0.4, 0.5) is 0 Å². The van der Waals surface area contributed by atoms with E-state index in [1.165, 1.54) is 19.3 Å². The van der Waals surface area contributed by atoms with Crippen LogP contribution in [0.3, 0.4) is 0 Å². The Kier molecular flexibility index (Phi) is 5.26. The van der Waals surface area contributed by atoms with Crippen LogP contribution in [-0.4, -0.2) is 30.3 Å². The zero-order valence-electron chi connectivity index (χ0n) is 11.2. The van der Waals surface area contributed by atoms with Crippen molar-refractivity contribution in [3.63, 3.8) is 0 Å². The van der Waals surface area contributed by atoms with Crippen LogP contribution >= 0.6 is 23.2 Å². The minimum Gasteiger partial charge on any atom is -0.296 e. The van der Waals surface area contributed by atoms with E-state index in [9.17, 15) is 4.79 Å². The fourth-order valence-corrected chi connectivity index (χ4v) is 2.61. The summed E-state index contributed by atoms with van der Waals surface area (Å²) in [7, 11) is 0. The molecule has 1 aromatic rings. The first-order valence-electron chi connectivity index (χ1n) is 6.80. The van der Waals surface area contributed by atoms with Crippen molar-refractivity contribution in [2.45, 2.75) is 26.2 Å². The topological polar surface area (TPSA) is 20.3 Å². The molecule has 19 heavy (non-hydrogen) atoms. The second kappa shape index (κ2) is 6.74. The van der Waals surface area contributed by atoms with E-state index in [1.54, 1.807) is 18.2 Å². The number of hydrogen-bond acceptors (Lipinski definition) is 2. The van der Waals surface area contributed by atoms with E-state index < -0.39 is 0 Å². The minimum atomic E-state index is 0.111. The fraction of sp³-hybridized carbons (Fsp3) is 0.533. The first-order chi connectivity index (χ1) is 9.10. The molecule has 0 aromatic heterocycles. The summed E-state index contributed by atoms with van der Waals surface area (Å²) in [5.41, 5.74) is 0.640. The molecule has 1 aromatic carbocycles. The van der Waals surface area contributed by atoms with Gasteiger partial charge in [-0.05, 0) is 43.5 Å². The second-order valence-electron chi connectivity index (χ2n) is 5.18. The molecule has 2 nitrogen and oxygen atoms in total. The number of hydrogen-bond donors (Lipinski definition) is 0. The highest BCUT2D eigenvalue weighted by atomic mass is 35.5. The van der Waals surface area contributed by atoms with Crippen molar-refractivity contribution in [3.8, 4) is 0 Å². The van der Waals surface area contributed by atoms with Crippen LogP contribution in [0.2, 0.25) is 10.0 Å². The Hall–Kier alpha value is -0.570. The van der Waals surface area contributed by atoms with Gasteiger partial charge in [-0.15, -0.1) is 0 Å². The summed E-state index contributed by atoms with van der Waals surface area (Å²) in [5.74, 6) is 0.890. The Morgan fingerprint density at radius 1 is 1.32 bits per heavy atom. The van der Waals surface area contributed by atoms with E-state index in [4.69, 9.17) is 23.2 Å². The number of rotatable bonds is 6. The summed E-state index contributed by atoms with van der Waals surface area (Å²) in [6.07, 6.45) is 3.94. The first-order valence-corrected chi connectivity index (χ1v) is 7.56. The normalized spacial score (nSPS) is 15.6. The quantitative estimate of drug-likeness (QED) is 0.730. The van der Waals surface area contributed by atoms with Gasteiger partial charge in [0.1, 0.15) is 0 Å². The number of carbonyl (C=O) groups excluding carboxylic acids is 1. The number of Topliss-reactive ketones (excluding diaryl/α,β-unsaturated/α-hetero) is 1. The molecule has 0 radical (unpaired) electrons. The van der Waals surface area contributed by atoms with Crippen molar-refractivity contribution in [3.05, 3.63) is 33.8 Å². The molecule has 2 rings (SSSR count). The van der Waals surface area contributed by atoms with Gasteiger partial charge in [-0.3, -0.25) is 9.69 Å². The lowest BCUT2D eigenvalue weighted by Gasteiger charge is -2.31. The average Bonchev–Trinajstić information content (AvgIpc) is 2.35. The van der Waals surface area contributed by atoms with E-state index in [0.717, 1.165) is 19.0 Å². The highest BCUT2D eigenvalue weighted by Gasteiger charge is 2.21. The lowest BCUT2D eigenvalue weighted by atomic mass is 9.85. The molecular weight excluding hydrogens is 281 g/mol. The van der Waals surface area contributed by atoms with Gasteiger partial charge in [-0.2, -0.15) is 0 Å². The third kappa shape index (κ3) is 3.95. The second-order valence-corrected chi connectivity index (χ2v) is 5.99. The first kappa shape index (κ1) is 14.8. The molecule has 1 fully saturated rings. The highest BCUT2D eigenvalue weighted by molar-refractivity contribution is 6.42. The summed E-state index contributed by atoms with van der Waals surface area (Å²) >= 11 is 11.8. The largest absolute Gasteiger partial charge is 0.296 e. The summed E-state index contributed by atoms with van der Waals surface area (Å²) in [6.45, 7) is 4.50. The van der Waals surface area contributed by atoms with Gasteiger partial charge in [0.2, 0.25) is 0 Å². The van der Waals surface area contributed by atoms with Gasteiger partial charge in [0.25, 0.3) is 0 Å². The zero-order chi connectivity index (χ0) is 13.8. The highest BCUT2D eigenvalue weighted by Crippen LogP contribution is 2.27. The molecule has 104 valence electrons. The number of benzene rings is 1. The Morgan fingerprint density at radius 2 is 2.05 bits per heavy atom. The van der Waals surface area contributed by atoms with E-state index >= 15 is 0 Å². The monoisotopic (exact) mass is 299 g/mol. The van der Waals surface area contributed by atoms with E-state index in [-0.39, 0.29) is 5.78 Å². The third-order valence-electron chi connectivity index (χ3n) is 3.80. The van der Waals surface area contributed by atoms with Gasteiger partial charge in [0, 0.05) is 12.1 Å². The number of ketones is 1. The van der Waals surface area contributed by atoms with Crippen molar-refractivity contribution in [2.75, 3.05) is 19.6 Å². The summed E-state index contributed by atoms with van der Waals surface area (Å²) in [4.78, 5) is 14.4. The molecule has 0 spiro atoms. The average molecular weight is 300 g/mol. The molecule has 1 aliphatic carbocycles. The molecule has 0 amide bonds. The number of nitrogens with zero attached hydrogens (tertiary/aromatic N) is 1. The van der Waals surface area contributed by atoms with E-state index in [0.29, 0.717) is 22.2 Å². The summed E-state index contributed by atoms with van der Waals surface area (Å²) in [6, 6.07) is 5.08. The molecule has 0 N–H and O–H groups in total. The zero-order valence-corrected chi connectivity index (χ0v) is 12.7. The maximum Gasteiger partial charge on any atom is 0.176 e. The summed E-state index contributed by atoms with van der Waals surface area (Å²) in [5, 5.41) is 0.926. The SMILES string of the molecule is CCN(CC(=O)c1ccc(Cl)c(Cl)c1)CC1CCC1. The van der Waals surface area contributed by atoms with Crippen LogP contribution in [-0.2, 0) is 0 Å². The van der Waals surface area contributed by atoms with Gasteiger partial charge in [-0.25, -0.2) is 0 Å². The molecule has 0 aliphatic heterocycles. The maximum atomic E-state index is 12.2. The van der Waals surface area contributed by atoms with Crippen LogP contribution < -0.4 is 0 Å². The van der Waals surface area contributed by atoms with Crippen molar-refractivity contribution < 1.29 is 4.79 Å². The maximum absolute atomic E-state index is 12.2. The van der Waals surface area contributed by atoms with Crippen LogP contribution in [0.25, 0.3) is 0 Å². The van der Waals surface area contributed by atoms with Crippen LogP contribution in [0, 0.1) is 5.92 Å². The molecule has 0 atom stereocenters. The summed E-state index contributed by atoms with van der Waals surface area (Å²) < 4.78 is 0. The van der Waals surface area contributed by atoms with Crippen LogP contribution in [0.5, 0.6) is 0 Å². The molecule has 0 saturated heterocycles. The van der Waals surface area contributed by atoms with Crippen molar-refractivity contribution in [1.82, 2.24) is 4.90 Å². The van der Waals surface area contributed by atoms with Gasteiger partial charge in [0.15, 0.2) is 5.78 Å². The Labute approximate surface area is 124 Å². The molecule has 0 bridgehead atoms. The third-order valence-corrected chi connectivity index (χ3v) is 4.54. The molecule has 0 heterocycles. The van der Waals surface area contributed by atoms with Gasteiger partial charge < -0.3 is 0 Å². The molecule has 1 aliphatic rings. The fourth-order valence-electron chi connectivity index (χ4n) is 2.31. The number of likely N-dealkylation sites (N-methyl/N-ethyl adjacent to an activating group) is 1. The lowest BCUT2D eigenvalue weighted by molar-refractivity contribution is 0.0905. The van der Waals surface area contributed by atoms with Gasteiger partial charge in [0.05, 0.1) is 16.6 Å². The smallest absolute Gasteiger partial charge is 0.176 e. The molecule has 0 unspecified atom stereocenters. The van der Waals surface area contributed by atoms with Crippen LogP contribution in [0.15, 0.2) is 18.2 Å². The van der Waals surface area contributed by atoms with Crippen LogP contribution in [0.1, 0.15) is 36.5 Å². The Bertz CT molecular complexity index is 457. The Balaban J connectivity index is 1.95. The molecule has 4 heteroatoms. The number of halogens is 2. The lowest BCUT2D eigenvalue weighted by Crippen LogP contribution is -2.36. The van der Waals surface area contributed by atoms with Crippen molar-refractivity contribution >= 4 is 29.0 Å². The Morgan fingerprint density at radius 3 is 2.58 bits per heavy atom. The standard InChI is InChI=1S/C15H19Cl2NO/c1-2-18(9-11-4-3-5-11)10-15(19)12-6-7-13(16)14(17)8-12/h6-8,11H,2-5,9-10H2,1H3. The van der Waals surface area contributed by atoms with E-state index in [2.05, 4.69) is 11.8 Å². The van der Waals surface area contributed by atoms with Crippen molar-refractivity contribution in [1.29, 1.82) is 0 Å². The predicted molar refractivity (Wildman–Crippen MR) is 80.2 cm³/mol. The van der Waals surface area contributed by atoms with Gasteiger partial charge in [-0.1, -0.05) is 36.5 Å². The number of carbonyl (C=O) groups is 1. The minimum absolute atomic E-state index is 0.111. The molecular formula is C15H19Cl2NO.